The summed E-state index contributed by atoms with van der Waals surface area (Å²) in [6.45, 7) is 1.69. The first-order valence-corrected chi connectivity index (χ1v) is 5.33. The van der Waals surface area contributed by atoms with Crippen molar-refractivity contribution in [3.8, 4) is 0 Å². The third kappa shape index (κ3) is 3.69. The molecule has 0 aliphatic heterocycles. The molecule has 1 fully saturated rings. The topological polar surface area (TPSA) is 87.7 Å². The lowest BCUT2D eigenvalue weighted by molar-refractivity contribution is -0.140. The lowest BCUT2D eigenvalue weighted by Crippen LogP contribution is -2.51. The van der Waals surface area contributed by atoms with Crippen LogP contribution in [0.15, 0.2) is 0 Å². The van der Waals surface area contributed by atoms with Crippen LogP contribution in [0.2, 0.25) is 0 Å². The van der Waals surface area contributed by atoms with Gasteiger partial charge in [-0.05, 0) is 12.8 Å². The highest BCUT2D eigenvalue weighted by Crippen LogP contribution is 2.22. The van der Waals surface area contributed by atoms with E-state index in [1.807, 2.05) is 0 Å². The average molecular weight is 230 g/mol. The van der Waals surface area contributed by atoms with Crippen molar-refractivity contribution in [3.63, 3.8) is 0 Å². The minimum absolute atomic E-state index is 0.140. The van der Waals surface area contributed by atoms with E-state index < -0.39 is 11.9 Å². The molecule has 1 unspecified atom stereocenters. The summed E-state index contributed by atoms with van der Waals surface area (Å²) in [6, 6.07) is -0.169. The molecule has 2 amide bonds. The van der Waals surface area contributed by atoms with Crippen LogP contribution in [0.25, 0.3) is 0 Å². The van der Waals surface area contributed by atoms with Gasteiger partial charge in [-0.2, -0.15) is 0 Å². The Morgan fingerprint density at radius 1 is 1.50 bits per heavy atom. The van der Waals surface area contributed by atoms with E-state index in [2.05, 4.69) is 10.6 Å². The molecule has 0 aromatic rings. The lowest BCUT2D eigenvalue weighted by Gasteiger charge is -2.34. The minimum Gasteiger partial charge on any atom is -0.481 e. The van der Waals surface area contributed by atoms with Crippen molar-refractivity contribution < 1.29 is 19.4 Å². The number of urea groups is 1. The minimum atomic E-state index is -0.914. The number of carbonyl (C=O) groups is 2. The SMILES string of the molecule is COC1CC(NC(=O)NCC(C)C(=O)O)C1. The zero-order valence-electron chi connectivity index (χ0n) is 9.53. The van der Waals surface area contributed by atoms with Gasteiger partial charge in [0.25, 0.3) is 0 Å². The van der Waals surface area contributed by atoms with Crippen molar-refractivity contribution in [1.82, 2.24) is 10.6 Å². The first-order valence-electron chi connectivity index (χ1n) is 5.33. The summed E-state index contributed by atoms with van der Waals surface area (Å²) in [5, 5.41) is 13.9. The predicted molar refractivity (Wildman–Crippen MR) is 57.2 cm³/mol. The number of ether oxygens (including phenoxy) is 1. The van der Waals surface area contributed by atoms with Crippen LogP contribution in [0.5, 0.6) is 0 Å². The molecule has 6 nitrogen and oxygen atoms in total. The van der Waals surface area contributed by atoms with E-state index in [0.717, 1.165) is 12.8 Å². The second kappa shape index (κ2) is 5.69. The number of carboxylic acids is 1. The predicted octanol–water partition coefficient (Wildman–Crippen LogP) is 0.184. The van der Waals surface area contributed by atoms with Crippen LogP contribution in [0.4, 0.5) is 4.79 Å². The van der Waals surface area contributed by atoms with Crippen LogP contribution in [-0.2, 0) is 9.53 Å². The van der Waals surface area contributed by atoms with E-state index in [0.29, 0.717) is 0 Å². The molecular weight excluding hydrogens is 212 g/mol. The van der Waals surface area contributed by atoms with E-state index in [9.17, 15) is 9.59 Å². The van der Waals surface area contributed by atoms with Gasteiger partial charge in [-0.3, -0.25) is 4.79 Å². The van der Waals surface area contributed by atoms with E-state index in [1.54, 1.807) is 14.0 Å². The fraction of sp³-hybridized carbons (Fsp3) is 0.800. The maximum absolute atomic E-state index is 11.3. The molecule has 0 aromatic heterocycles. The van der Waals surface area contributed by atoms with Crippen molar-refractivity contribution in [2.45, 2.75) is 31.9 Å². The Morgan fingerprint density at radius 2 is 2.12 bits per heavy atom. The molecule has 1 atom stereocenters. The van der Waals surface area contributed by atoms with Crippen LogP contribution in [0, 0.1) is 5.92 Å². The molecule has 0 spiro atoms. The number of amides is 2. The zero-order valence-corrected chi connectivity index (χ0v) is 9.53. The van der Waals surface area contributed by atoms with Crippen LogP contribution in [0.3, 0.4) is 0 Å². The fourth-order valence-corrected chi connectivity index (χ4v) is 1.45. The van der Waals surface area contributed by atoms with Crippen molar-refractivity contribution in [2.24, 2.45) is 5.92 Å². The van der Waals surface area contributed by atoms with Crippen molar-refractivity contribution in [1.29, 1.82) is 0 Å². The highest BCUT2D eigenvalue weighted by atomic mass is 16.5. The molecule has 0 heterocycles. The normalized spacial score (nSPS) is 25.4. The fourth-order valence-electron chi connectivity index (χ4n) is 1.45. The van der Waals surface area contributed by atoms with Gasteiger partial charge in [0.05, 0.1) is 12.0 Å². The number of aliphatic carboxylic acids is 1. The highest BCUT2D eigenvalue weighted by Gasteiger charge is 2.30. The molecule has 16 heavy (non-hydrogen) atoms. The average Bonchev–Trinajstić information content (AvgIpc) is 2.18. The van der Waals surface area contributed by atoms with E-state index in [4.69, 9.17) is 9.84 Å². The molecule has 1 rings (SSSR count). The first-order chi connectivity index (χ1) is 7.52. The Hall–Kier alpha value is -1.30. The van der Waals surface area contributed by atoms with Gasteiger partial charge < -0.3 is 20.5 Å². The highest BCUT2D eigenvalue weighted by molar-refractivity contribution is 5.76. The van der Waals surface area contributed by atoms with Gasteiger partial charge in [0.15, 0.2) is 0 Å². The standard InChI is InChI=1S/C10H18N2O4/c1-6(9(13)14)5-11-10(15)12-7-3-8(4-7)16-2/h6-8H,3-5H2,1-2H3,(H,13,14)(H2,11,12,15). The Balaban J connectivity index is 2.10. The van der Waals surface area contributed by atoms with Gasteiger partial charge in [0.2, 0.25) is 0 Å². The molecule has 1 saturated carbocycles. The number of rotatable bonds is 5. The largest absolute Gasteiger partial charge is 0.481 e. The number of hydrogen-bond donors (Lipinski definition) is 3. The first kappa shape index (κ1) is 12.8. The summed E-state index contributed by atoms with van der Waals surface area (Å²) >= 11 is 0. The molecule has 0 radical (unpaired) electrons. The Labute approximate surface area is 94.3 Å². The van der Waals surface area contributed by atoms with Crippen LogP contribution >= 0.6 is 0 Å². The number of carbonyl (C=O) groups excluding carboxylic acids is 1. The van der Waals surface area contributed by atoms with Gasteiger partial charge in [0, 0.05) is 19.7 Å². The van der Waals surface area contributed by atoms with Gasteiger partial charge in [-0.25, -0.2) is 4.79 Å². The lowest BCUT2D eigenvalue weighted by atomic mass is 9.89. The molecule has 6 heteroatoms. The quantitative estimate of drug-likeness (QED) is 0.629. The van der Waals surface area contributed by atoms with E-state index in [-0.39, 0.29) is 24.7 Å². The van der Waals surface area contributed by atoms with Gasteiger partial charge in [0.1, 0.15) is 0 Å². The van der Waals surface area contributed by atoms with Crippen molar-refractivity contribution >= 4 is 12.0 Å². The number of nitrogens with one attached hydrogen (secondary N) is 2. The number of hydrogen-bond acceptors (Lipinski definition) is 3. The molecule has 92 valence electrons. The molecule has 3 N–H and O–H groups in total. The second-order valence-corrected chi connectivity index (χ2v) is 4.12. The van der Waals surface area contributed by atoms with Crippen LogP contribution in [-0.4, -0.2) is 42.9 Å². The summed E-state index contributed by atoms with van der Waals surface area (Å²) in [7, 11) is 1.65. The summed E-state index contributed by atoms with van der Waals surface area (Å²) in [5.74, 6) is -1.48. The van der Waals surface area contributed by atoms with Gasteiger partial charge in [-0.1, -0.05) is 6.92 Å². The summed E-state index contributed by atoms with van der Waals surface area (Å²) in [4.78, 5) is 21.8. The third-order valence-corrected chi connectivity index (χ3v) is 2.75. The van der Waals surface area contributed by atoms with Crippen molar-refractivity contribution in [2.75, 3.05) is 13.7 Å². The van der Waals surface area contributed by atoms with Gasteiger partial charge >= 0.3 is 12.0 Å². The number of carboxylic acid groups (broad SMARTS) is 1. The number of methoxy groups -OCH3 is 1. The third-order valence-electron chi connectivity index (χ3n) is 2.75. The van der Waals surface area contributed by atoms with E-state index >= 15 is 0 Å². The van der Waals surface area contributed by atoms with Gasteiger partial charge in [-0.15, -0.1) is 0 Å². The molecular formula is C10H18N2O4. The zero-order chi connectivity index (χ0) is 12.1. The van der Waals surface area contributed by atoms with Crippen molar-refractivity contribution in [3.05, 3.63) is 0 Å². The maximum atomic E-state index is 11.3. The second-order valence-electron chi connectivity index (χ2n) is 4.12. The summed E-state index contributed by atoms with van der Waals surface area (Å²) in [6.07, 6.45) is 1.87. The smallest absolute Gasteiger partial charge is 0.315 e. The Kier molecular flexibility index (Phi) is 4.54. The van der Waals surface area contributed by atoms with Crippen LogP contribution in [0.1, 0.15) is 19.8 Å². The molecule has 0 bridgehead atoms. The Morgan fingerprint density at radius 3 is 2.62 bits per heavy atom. The Bertz CT molecular complexity index is 264. The summed E-state index contributed by atoms with van der Waals surface area (Å²) in [5.41, 5.74) is 0. The van der Waals surface area contributed by atoms with E-state index in [1.165, 1.54) is 0 Å². The maximum Gasteiger partial charge on any atom is 0.315 e. The molecule has 0 saturated heterocycles. The summed E-state index contributed by atoms with van der Waals surface area (Å²) < 4.78 is 5.08. The molecule has 1 aliphatic carbocycles. The van der Waals surface area contributed by atoms with Crippen LogP contribution < -0.4 is 10.6 Å². The molecule has 0 aromatic carbocycles. The molecule has 1 aliphatic rings. The monoisotopic (exact) mass is 230 g/mol.